The van der Waals surface area contributed by atoms with Gasteiger partial charge in [0.25, 0.3) is 0 Å². The maximum atomic E-state index is 3.56. The van der Waals surface area contributed by atoms with Crippen LogP contribution in [0.5, 0.6) is 0 Å². The first-order valence-electron chi connectivity index (χ1n) is 7.88. The number of nitrogens with one attached hydrogen (secondary N) is 1. The predicted octanol–water partition coefficient (Wildman–Crippen LogP) is 4.11. The Kier molecular flexibility index (Phi) is 5.27. The fraction of sp³-hybridized carbons (Fsp3) is 0.765. The Morgan fingerprint density at radius 1 is 1.30 bits per heavy atom. The highest BCUT2D eigenvalue weighted by Crippen LogP contribution is 2.26. The summed E-state index contributed by atoms with van der Waals surface area (Å²) in [5, 5.41) is 3.56. The van der Waals surface area contributed by atoms with Crippen molar-refractivity contribution in [3.8, 4) is 0 Å². The molecule has 0 radical (unpaired) electrons. The molecular weight excluding hydrogens is 264 g/mol. The van der Waals surface area contributed by atoms with E-state index < -0.39 is 0 Å². The lowest BCUT2D eigenvalue weighted by Gasteiger charge is -2.19. The SMILES string of the molecule is CC(C)C1CCN(Cc2ccc(CNC(C)(C)C)s2)C1. The number of hydrogen-bond donors (Lipinski definition) is 1. The van der Waals surface area contributed by atoms with Crippen LogP contribution in [0, 0.1) is 11.8 Å². The molecule has 20 heavy (non-hydrogen) atoms. The Morgan fingerprint density at radius 3 is 2.60 bits per heavy atom. The molecular formula is C17H30N2S. The van der Waals surface area contributed by atoms with E-state index in [-0.39, 0.29) is 5.54 Å². The minimum absolute atomic E-state index is 0.198. The van der Waals surface area contributed by atoms with Crippen molar-refractivity contribution in [2.75, 3.05) is 13.1 Å². The molecule has 0 aromatic carbocycles. The third-order valence-electron chi connectivity index (χ3n) is 4.14. The van der Waals surface area contributed by atoms with E-state index >= 15 is 0 Å². The number of rotatable bonds is 5. The highest BCUT2D eigenvalue weighted by atomic mass is 32.1. The zero-order chi connectivity index (χ0) is 14.8. The number of thiophene rings is 1. The number of nitrogens with zero attached hydrogens (tertiary/aromatic N) is 1. The average Bonchev–Trinajstić information content (AvgIpc) is 2.95. The van der Waals surface area contributed by atoms with Crippen LogP contribution in [0.3, 0.4) is 0 Å². The van der Waals surface area contributed by atoms with Gasteiger partial charge < -0.3 is 5.32 Å². The summed E-state index contributed by atoms with van der Waals surface area (Å²) in [6, 6.07) is 4.60. The molecule has 1 fully saturated rings. The first-order chi connectivity index (χ1) is 9.33. The van der Waals surface area contributed by atoms with Crippen molar-refractivity contribution < 1.29 is 0 Å². The fourth-order valence-electron chi connectivity index (χ4n) is 2.73. The molecule has 1 aliphatic rings. The van der Waals surface area contributed by atoms with Crippen LogP contribution < -0.4 is 5.32 Å². The van der Waals surface area contributed by atoms with Gasteiger partial charge in [-0.05, 0) is 57.7 Å². The highest BCUT2D eigenvalue weighted by Gasteiger charge is 2.24. The van der Waals surface area contributed by atoms with Crippen LogP contribution in [0.25, 0.3) is 0 Å². The lowest BCUT2D eigenvalue weighted by molar-refractivity contribution is 0.299. The van der Waals surface area contributed by atoms with Crippen LogP contribution in [0.2, 0.25) is 0 Å². The van der Waals surface area contributed by atoms with Crippen molar-refractivity contribution in [1.82, 2.24) is 10.2 Å². The van der Waals surface area contributed by atoms with Crippen molar-refractivity contribution >= 4 is 11.3 Å². The van der Waals surface area contributed by atoms with E-state index in [1.165, 1.54) is 29.3 Å². The van der Waals surface area contributed by atoms with Gasteiger partial charge in [0.15, 0.2) is 0 Å². The van der Waals surface area contributed by atoms with Crippen molar-refractivity contribution in [3.05, 3.63) is 21.9 Å². The molecule has 2 nitrogen and oxygen atoms in total. The van der Waals surface area contributed by atoms with Gasteiger partial charge in [0.2, 0.25) is 0 Å². The third kappa shape index (κ3) is 4.87. The molecule has 0 bridgehead atoms. The Morgan fingerprint density at radius 2 is 2.00 bits per heavy atom. The summed E-state index contributed by atoms with van der Waals surface area (Å²) >= 11 is 1.97. The van der Waals surface area contributed by atoms with Crippen molar-refractivity contribution in [1.29, 1.82) is 0 Å². The molecule has 0 spiro atoms. The van der Waals surface area contributed by atoms with Crippen LogP contribution in [0.1, 0.15) is 50.8 Å². The Hall–Kier alpha value is -0.380. The van der Waals surface area contributed by atoms with E-state index in [1.807, 2.05) is 11.3 Å². The quantitative estimate of drug-likeness (QED) is 0.879. The average molecular weight is 295 g/mol. The van der Waals surface area contributed by atoms with Gasteiger partial charge in [-0.25, -0.2) is 0 Å². The van der Waals surface area contributed by atoms with E-state index in [0.717, 1.165) is 24.9 Å². The van der Waals surface area contributed by atoms with Gasteiger partial charge in [0.1, 0.15) is 0 Å². The Labute approximate surface area is 128 Å². The third-order valence-corrected chi connectivity index (χ3v) is 5.21. The second-order valence-corrected chi connectivity index (χ2v) is 8.75. The van der Waals surface area contributed by atoms with E-state index in [0.29, 0.717) is 0 Å². The van der Waals surface area contributed by atoms with Gasteiger partial charge in [0, 0.05) is 34.9 Å². The van der Waals surface area contributed by atoms with Crippen LogP contribution in [-0.2, 0) is 13.1 Å². The molecule has 0 saturated carbocycles. The van der Waals surface area contributed by atoms with Crippen molar-refractivity contribution in [2.45, 2.75) is 59.7 Å². The zero-order valence-corrected chi connectivity index (χ0v) is 14.5. The Bertz CT molecular complexity index is 417. The molecule has 2 rings (SSSR count). The summed E-state index contributed by atoms with van der Waals surface area (Å²) in [7, 11) is 0. The maximum Gasteiger partial charge on any atom is 0.0328 e. The van der Waals surface area contributed by atoms with Crippen LogP contribution in [0.15, 0.2) is 12.1 Å². The van der Waals surface area contributed by atoms with E-state index in [2.05, 4.69) is 57.0 Å². The van der Waals surface area contributed by atoms with E-state index in [4.69, 9.17) is 0 Å². The smallest absolute Gasteiger partial charge is 0.0328 e. The summed E-state index contributed by atoms with van der Waals surface area (Å²) in [6.45, 7) is 16.1. The van der Waals surface area contributed by atoms with Crippen LogP contribution in [-0.4, -0.2) is 23.5 Å². The summed E-state index contributed by atoms with van der Waals surface area (Å²) < 4.78 is 0. The largest absolute Gasteiger partial charge is 0.307 e. The molecule has 1 N–H and O–H groups in total. The van der Waals surface area contributed by atoms with Gasteiger partial charge in [-0.2, -0.15) is 0 Å². The minimum Gasteiger partial charge on any atom is -0.307 e. The summed E-state index contributed by atoms with van der Waals surface area (Å²) in [6.07, 6.45) is 1.38. The maximum absolute atomic E-state index is 3.56. The topological polar surface area (TPSA) is 15.3 Å². The molecule has 1 saturated heterocycles. The first kappa shape index (κ1) is 16.0. The molecule has 1 aromatic rings. The molecule has 2 heterocycles. The molecule has 1 aromatic heterocycles. The van der Waals surface area contributed by atoms with E-state index in [9.17, 15) is 0 Å². The molecule has 114 valence electrons. The van der Waals surface area contributed by atoms with Crippen molar-refractivity contribution in [2.24, 2.45) is 11.8 Å². The number of hydrogen-bond acceptors (Lipinski definition) is 3. The minimum atomic E-state index is 0.198. The van der Waals surface area contributed by atoms with Gasteiger partial charge >= 0.3 is 0 Å². The molecule has 1 aliphatic heterocycles. The Balaban J connectivity index is 1.81. The normalized spacial score (nSPS) is 21.0. The number of likely N-dealkylation sites (tertiary alicyclic amines) is 1. The van der Waals surface area contributed by atoms with Crippen LogP contribution in [0.4, 0.5) is 0 Å². The fourth-order valence-corrected chi connectivity index (χ4v) is 3.73. The summed E-state index contributed by atoms with van der Waals surface area (Å²) in [5.74, 6) is 1.73. The van der Waals surface area contributed by atoms with Gasteiger partial charge in [0.05, 0.1) is 0 Å². The molecule has 1 unspecified atom stereocenters. The highest BCUT2D eigenvalue weighted by molar-refractivity contribution is 7.11. The van der Waals surface area contributed by atoms with Gasteiger partial charge in [-0.3, -0.25) is 4.90 Å². The van der Waals surface area contributed by atoms with Gasteiger partial charge in [-0.15, -0.1) is 11.3 Å². The summed E-state index contributed by atoms with van der Waals surface area (Å²) in [4.78, 5) is 5.59. The lowest BCUT2D eigenvalue weighted by Crippen LogP contribution is -2.34. The second-order valence-electron chi connectivity index (χ2n) is 7.50. The monoisotopic (exact) mass is 294 g/mol. The lowest BCUT2D eigenvalue weighted by atomic mass is 9.95. The van der Waals surface area contributed by atoms with Crippen molar-refractivity contribution in [3.63, 3.8) is 0 Å². The van der Waals surface area contributed by atoms with E-state index in [1.54, 1.807) is 0 Å². The standard InChI is InChI=1S/C17H30N2S/c1-13(2)14-8-9-19(11-14)12-16-7-6-15(20-16)10-18-17(3,4)5/h6-7,13-14,18H,8-12H2,1-5H3. The second kappa shape index (κ2) is 6.59. The molecule has 0 aliphatic carbocycles. The summed E-state index contributed by atoms with van der Waals surface area (Å²) in [5.41, 5.74) is 0.198. The molecule has 0 amide bonds. The van der Waals surface area contributed by atoms with Crippen LogP contribution >= 0.6 is 11.3 Å². The predicted molar refractivity (Wildman–Crippen MR) is 89.1 cm³/mol. The first-order valence-corrected chi connectivity index (χ1v) is 8.70. The molecule has 3 heteroatoms. The zero-order valence-electron chi connectivity index (χ0n) is 13.7. The van der Waals surface area contributed by atoms with Gasteiger partial charge in [-0.1, -0.05) is 13.8 Å². The molecule has 1 atom stereocenters.